The van der Waals surface area contributed by atoms with E-state index in [1.165, 1.54) is 25.0 Å². The number of benzene rings is 2. The summed E-state index contributed by atoms with van der Waals surface area (Å²) in [6.07, 6.45) is 2.58. The molecule has 0 saturated carbocycles. The number of carboxylic acids is 1. The van der Waals surface area contributed by atoms with Crippen LogP contribution in [0.2, 0.25) is 5.15 Å². The molecule has 0 atom stereocenters. The number of halogens is 1. The van der Waals surface area contributed by atoms with Crippen molar-refractivity contribution in [3.8, 4) is 0 Å². The van der Waals surface area contributed by atoms with Crippen molar-refractivity contribution >= 4 is 35.1 Å². The summed E-state index contributed by atoms with van der Waals surface area (Å²) in [6.45, 7) is 3.94. The van der Waals surface area contributed by atoms with Crippen LogP contribution < -0.4 is 4.90 Å². The van der Waals surface area contributed by atoms with E-state index >= 15 is 0 Å². The van der Waals surface area contributed by atoms with Crippen LogP contribution in [0.5, 0.6) is 0 Å². The van der Waals surface area contributed by atoms with Gasteiger partial charge in [-0.2, -0.15) is 0 Å². The van der Waals surface area contributed by atoms with Crippen LogP contribution >= 0.6 is 11.6 Å². The molecule has 3 rings (SSSR count). The smallest absolute Gasteiger partial charge is 0.337 e. The van der Waals surface area contributed by atoms with E-state index in [-0.39, 0.29) is 28.9 Å². The molecule has 0 aliphatic heterocycles. The molecule has 1 amide bonds. The number of aromatic nitrogens is 2. The number of hydrogen-bond donors (Lipinski definition) is 1. The average molecular weight is 498 g/mol. The van der Waals surface area contributed by atoms with Crippen molar-refractivity contribution in [1.82, 2.24) is 9.55 Å². The molecule has 184 valence electrons. The number of unbranched alkanes of at least 4 members (excludes halogenated alkanes) is 1. The first-order chi connectivity index (χ1) is 16.8. The fourth-order valence-corrected chi connectivity index (χ4v) is 4.08. The van der Waals surface area contributed by atoms with E-state index < -0.39 is 11.9 Å². The number of carbonyl (C=O) groups is 3. The van der Waals surface area contributed by atoms with Crippen LogP contribution in [0.1, 0.15) is 64.5 Å². The number of carbonyl (C=O) groups excluding carboxylic acids is 2. The van der Waals surface area contributed by atoms with Gasteiger partial charge in [0.1, 0.15) is 5.82 Å². The number of aryl methyl sites for hydroxylation is 1. The lowest BCUT2D eigenvalue weighted by molar-refractivity contribution is -0.116. The third-order valence-electron chi connectivity index (χ3n) is 5.69. The lowest BCUT2D eigenvalue weighted by Crippen LogP contribution is -2.31. The largest absolute Gasteiger partial charge is 0.478 e. The lowest BCUT2D eigenvalue weighted by atomic mass is 10.1. The molecule has 1 aromatic heterocycles. The third-order valence-corrected chi connectivity index (χ3v) is 5.99. The minimum absolute atomic E-state index is 0.0227. The number of imidazole rings is 1. The van der Waals surface area contributed by atoms with Gasteiger partial charge >= 0.3 is 11.9 Å². The van der Waals surface area contributed by atoms with Gasteiger partial charge in [-0.25, -0.2) is 14.6 Å². The molecule has 1 heterocycles. The lowest BCUT2D eigenvalue weighted by Gasteiger charge is -2.24. The number of esters is 1. The Balaban J connectivity index is 2.02. The summed E-state index contributed by atoms with van der Waals surface area (Å²) in [7, 11) is 1.33. The SMILES string of the molecule is CCCCc1nc(Cl)c(CN(C(C)=O)c2ccccc2C(=O)O)n1Cc1ccc(C(=O)OC)cc1. The predicted molar refractivity (Wildman–Crippen MR) is 133 cm³/mol. The Bertz CT molecular complexity index is 1220. The zero-order valence-corrected chi connectivity index (χ0v) is 20.7. The van der Waals surface area contributed by atoms with E-state index in [1.807, 2.05) is 16.7 Å². The number of para-hydroxylation sites is 1. The van der Waals surface area contributed by atoms with Crippen LogP contribution in [-0.4, -0.2) is 39.6 Å². The quantitative estimate of drug-likeness (QED) is 0.397. The number of aromatic carboxylic acids is 1. The summed E-state index contributed by atoms with van der Waals surface area (Å²) in [6, 6.07) is 13.4. The minimum atomic E-state index is -1.12. The Hall–Kier alpha value is -3.65. The summed E-state index contributed by atoms with van der Waals surface area (Å²) in [5.41, 5.74) is 2.26. The number of hydrogen-bond acceptors (Lipinski definition) is 5. The van der Waals surface area contributed by atoms with Crippen molar-refractivity contribution in [1.29, 1.82) is 0 Å². The van der Waals surface area contributed by atoms with Crippen LogP contribution in [0.25, 0.3) is 0 Å². The molecule has 0 fully saturated rings. The molecule has 0 radical (unpaired) electrons. The second-order valence-electron chi connectivity index (χ2n) is 8.07. The summed E-state index contributed by atoms with van der Waals surface area (Å²) in [4.78, 5) is 42.1. The van der Waals surface area contributed by atoms with Crippen molar-refractivity contribution in [3.05, 3.63) is 81.9 Å². The number of nitrogens with zero attached hydrogens (tertiary/aromatic N) is 3. The van der Waals surface area contributed by atoms with E-state index in [0.717, 1.165) is 24.2 Å². The second kappa shape index (κ2) is 11.7. The van der Waals surface area contributed by atoms with Gasteiger partial charge in [0.15, 0.2) is 5.15 Å². The first-order valence-corrected chi connectivity index (χ1v) is 11.7. The van der Waals surface area contributed by atoms with Crippen LogP contribution in [0, 0.1) is 0 Å². The van der Waals surface area contributed by atoms with Crippen molar-refractivity contribution in [2.75, 3.05) is 12.0 Å². The van der Waals surface area contributed by atoms with Crippen LogP contribution in [0.15, 0.2) is 48.5 Å². The van der Waals surface area contributed by atoms with Crippen molar-refractivity contribution < 1.29 is 24.2 Å². The highest BCUT2D eigenvalue weighted by molar-refractivity contribution is 6.30. The molecule has 2 aromatic carbocycles. The van der Waals surface area contributed by atoms with Gasteiger partial charge in [-0.15, -0.1) is 0 Å². The van der Waals surface area contributed by atoms with E-state index in [9.17, 15) is 19.5 Å². The van der Waals surface area contributed by atoms with Gasteiger partial charge in [0.2, 0.25) is 5.91 Å². The number of rotatable bonds is 10. The molecule has 0 spiro atoms. The molecule has 1 N–H and O–H groups in total. The highest BCUT2D eigenvalue weighted by atomic mass is 35.5. The maximum absolute atomic E-state index is 12.6. The summed E-state index contributed by atoms with van der Waals surface area (Å²) >= 11 is 6.57. The van der Waals surface area contributed by atoms with Crippen molar-refractivity contribution in [2.24, 2.45) is 0 Å². The zero-order valence-electron chi connectivity index (χ0n) is 20.0. The summed E-state index contributed by atoms with van der Waals surface area (Å²) < 4.78 is 6.73. The van der Waals surface area contributed by atoms with Gasteiger partial charge in [0.05, 0.1) is 36.2 Å². The van der Waals surface area contributed by atoms with Crippen molar-refractivity contribution in [2.45, 2.75) is 46.2 Å². The standard InChI is InChI=1S/C26H28ClN3O5/c1-4-5-10-23-28-24(27)22(30(23)15-18-11-13-19(14-12-18)26(34)35-3)16-29(17(2)31)21-9-7-6-8-20(21)25(32)33/h6-9,11-14H,4-5,10,15-16H2,1-3H3,(H,32,33). The molecular formula is C26H28ClN3O5. The molecular weight excluding hydrogens is 470 g/mol. The summed E-state index contributed by atoms with van der Waals surface area (Å²) in [5, 5.41) is 9.90. The van der Waals surface area contributed by atoms with Gasteiger partial charge in [-0.3, -0.25) is 4.79 Å². The molecule has 0 bridgehead atoms. The van der Waals surface area contributed by atoms with Crippen LogP contribution in [0.4, 0.5) is 5.69 Å². The van der Waals surface area contributed by atoms with E-state index in [1.54, 1.807) is 30.3 Å². The minimum Gasteiger partial charge on any atom is -0.478 e. The summed E-state index contributed by atoms with van der Waals surface area (Å²) in [5.74, 6) is -1.08. The number of anilines is 1. The number of methoxy groups -OCH3 is 1. The number of amides is 1. The molecule has 9 heteroatoms. The fourth-order valence-electron chi connectivity index (χ4n) is 3.82. The molecule has 35 heavy (non-hydrogen) atoms. The molecule has 8 nitrogen and oxygen atoms in total. The zero-order chi connectivity index (χ0) is 25.5. The van der Waals surface area contributed by atoms with Gasteiger partial charge in [0, 0.05) is 19.9 Å². The molecule has 0 aliphatic carbocycles. The van der Waals surface area contributed by atoms with Gasteiger partial charge in [-0.05, 0) is 36.2 Å². The fraction of sp³-hybridized carbons (Fsp3) is 0.308. The van der Waals surface area contributed by atoms with E-state index in [2.05, 4.69) is 11.9 Å². The van der Waals surface area contributed by atoms with Gasteiger partial charge in [-0.1, -0.05) is 49.2 Å². The third kappa shape index (κ3) is 6.08. The maximum Gasteiger partial charge on any atom is 0.337 e. The van der Waals surface area contributed by atoms with Crippen LogP contribution in [0.3, 0.4) is 0 Å². The van der Waals surface area contributed by atoms with E-state index in [4.69, 9.17) is 16.3 Å². The van der Waals surface area contributed by atoms with Gasteiger partial charge in [0.25, 0.3) is 0 Å². The van der Waals surface area contributed by atoms with Gasteiger partial charge < -0.3 is 19.3 Å². The second-order valence-corrected chi connectivity index (χ2v) is 8.43. The molecule has 0 aliphatic rings. The normalized spacial score (nSPS) is 10.7. The Morgan fingerprint density at radius 3 is 2.40 bits per heavy atom. The monoisotopic (exact) mass is 497 g/mol. The topological polar surface area (TPSA) is 102 Å². The Morgan fingerprint density at radius 1 is 1.11 bits per heavy atom. The molecule has 3 aromatic rings. The van der Waals surface area contributed by atoms with E-state index in [0.29, 0.717) is 24.2 Å². The first-order valence-electron chi connectivity index (χ1n) is 11.3. The Morgan fingerprint density at radius 2 is 1.80 bits per heavy atom. The predicted octanol–water partition coefficient (Wildman–Crippen LogP) is 4.97. The molecule has 0 unspecified atom stereocenters. The Labute approximate surface area is 209 Å². The number of ether oxygens (including phenoxy) is 1. The van der Waals surface area contributed by atoms with Crippen molar-refractivity contribution in [3.63, 3.8) is 0 Å². The number of carboxylic acid groups (broad SMARTS) is 1. The average Bonchev–Trinajstić information content (AvgIpc) is 3.14. The maximum atomic E-state index is 12.6. The Kier molecular flexibility index (Phi) is 8.65. The highest BCUT2D eigenvalue weighted by Crippen LogP contribution is 2.27. The van der Waals surface area contributed by atoms with Crippen LogP contribution in [-0.2, 0) is 29.0 Å². The highest BCUT2D eigenvalue weighted by Gasteiger charge is 2.24. The first kappa shape index (κ1) is 26.0. The molecule has 0 saturated heterocycles.